The van der Waals surface area contributed by atoms with Crippen LogP contribution in [0.25, 0.3) is 0 Å². The Hall–Kier alpha value is -3.40. The van der Waals surface area contributed by atoms with Gasteiger partial charge in [0, 0.05) is 19.0 Å². The summed E-state index contributed by atoms with van der Waals surface area (Å²) in [6, 6.07) is 25.5. The molecule has 0 bridgehead atoms. The molecule has 3 aromatic carbocycles. The van der Waals surface area contributed by atoms with Crippen LogP contribution in [-0.2, 0) is 29.0 Å². The molecule has 1 N–H and O–H groups in total. The van der Waals surface area contributed by atoms with E-state index in [9.17, 15) is 9.59 Å². The number of amides is 2. The van der Waals surface area contributed by atoms with E-state index in [-0.39, 0.29) is 24.3 Å². The van der Waals surface area contributed by atoms with E-state index in [1.807, 2.05) is 107 Å². The average Bonchev–Trinajstić information content (AvgIpc) is 2.84. The van der Waals surface area contributed by atoms with Crippen molar-refractivity contribution in [2.75, 3.05) is 0 Å². The molecule has 2 atom stereocenters. The number of nitrogens with zero attached hydrogens (tertiary/aromatic N) is 1. The highest BCUT2D eigenvalue weighted by molar-refractivity contribution is 5.89. The van der Waals surface area contributed by atoms with Crippen LogP contribution < -0.4 is 5.32 Å². The van der Waals surface area contributed by atoms with Gasteiger partial charge in [-0.3, -0.25) is 9.59 Å². The number of nitrogens with one attached hydrogen (secondary N) is 1. The predicted octanol–water partition coefficient (Wildman–Crippen LogP) is 5.40. The first kappa shape index (κ1) is 25.2. The highest BCUT2D eigenvalue weighted by atomic mass is 16.2. The fourth-order valence-corrected chi connectivity index (χ4v) is 3.96. The summed E-state index contributed by atoms with van der Waals surface area (Å²) in [5.74, 6) is -0.154. The number of carbonyl (C=O) groups is 2. The summed E-state index contributed by atoms with van der Waals surface area (Å²) in [6.45, 7) is 8.49. The molecule has 0 aliphatic carbocycles. The minimum Gasteiger partial charge on any atom is -0.352 e. The van der Waals surface area contributed by atoms with Crippen LogP contribution in [0.4, 0.5) is 0 Å². The van der Waals surface area contributed by atoms with Crippen LogP contribution in [0.5, 0.6) is 0 Å². The van der Waals surface area contributed by atoms with Crippen molar-refractivity contribution in [1.29, 1.82) is 0 Å². The lowest BCUT2D eigenvalue weighted by molar-refractivity contribution is -0.141. The van der Waals surface area contributed by atoms with Gasteiger partial charge in [0.2, 0.25) is 11.8 Å². The fourth-order valence-electron chi connectivity index (χ4n) is 3.96. The van der Waals surface area contributed by atoms with Gasteiger partial charge in [-0.1, -0.05) is 91.3 Å². The first-order valence-corrected chi connectivity index (χ1v) is 12.1. The Labute approximate surface area is 204 Å². The van der Waals surface area contributed by atoms with Crippen molar-refractivity contribution in [1.82, 2.24) is 10.2 Å². The lowest BCUT2D eigenvalue weighted by Crippen LogP contribution is -2.52. The molecular formula is C30H36N2O2. The average molecular weight is 457 g/mol. The molecule has 0 aromatic heterocycles. The summed E-state index contributed by atoms with van der Waals surface area (Å²) < 4.78 is 0. The third-order valence-electron chi connectivity index (χ3n) is 6.35. The number of benzene rings is 3. The number of hydrogen-bond acceptors (Lipinski definition) is 2. The third kappa shape index (κ3) is 7.05. The van der Waals surface area contributed by atoms with Gasteiger partial charge in [0.1, 0.15) is 6.04 Å². The third-order valence-corrected chi connectivity index (χ3v) is 6.35. The molecule has 0 saturated carbocycles. The van der Waals surface area contributed by atoms with Crippen molar-refractivity contribution in [2.45, 2.75) is 65.6 Å². The topological polar surface area (TPSA) is 49.4 Å². The normalized spacial score (nSPS) is 12.6. The summed E-state index contributed by atoms with van der Waals surface area (Å²) in [5.41, 5.74) is 5.27. The molecule has 0 aliphatic heterocycles. The molecule has 0 aliphatic rings. The van der Waals surface area contributed by atoms with E-state index in [0.717, 1.165) is 34.2 Å². The van der Waals surface area contributed by atoms with Gasteiger partial charge in [0.15, 0.2) is 0 Å². The van der Waals surface area contributed by atoms with Crippen molar-refractivity contribution < 1.29 is 9.59 Å². The molecule has 0 spiro atoms. The SMILES string of the molecule is CCC(C)NC(=O)C(Cc1ccccc1)N(Cc1ccc(C)cc1)C(=O)Cc1ccccc1C. The van der Waals surface area contributed by atoms with Gasteiger partial charge in [0.25, 0.3) is 0 Å². The fraction of sp³-hybridized carbons (Fsp3) is 0.333. The molecule has 0 heterocycles. The molecule has 0 radical (unpaired) electrons. The molecular weight excluding hydrogens is 420 g/mol. The van der Waals surface area contributed by atoms with Gasteiger partial charge < -0.3 is 10.2 Å². The van der Waals surface area contributed by atoms with Crippen LogP contribution in [0, 0.1) is 13.8 Å². The standard InChI is InChI=1S/C30H36N2O2/c1-5-24(4)31-30(34)28(19-25-12-7-6-8-13-25)32(21-26-17-15-22(2)16-18-26)29(33)20-27-14-10-9-11-23(27)3/h6-18,24,28H,5,19-21H2,1-4H3,(H,31,34). The van der Waals surface area contributed by atoms with E-state index in [4.69, 9.17) is 0 Å². The number of hydrogen-bond donors (Lipinski definition) is 1. The van der Waals surface area contributed by atoms with Crippen molar-refractivity contribution >= 4 is 11.8 Å². The zero-order chi connectivity index (χ0) is 24.5. The highest BCUT2D eigenvalue weighted by Gasteiger charge is 2.31. The van der Waals surface area contributed by atoms with Gasteiger partial charge >= 0.3 is 0 Å². The van der Waals surface area contributed by atoms with Gasteiger partial charge in [-0.15, -0.1) is 0 Å². The van der Waals surface area contributed by atoms with E-state index in [1.54, 1.807) is 4.90 Å². The zero-order valence-electron chi connectivity index (χ0n) is 20.8. The van der Waals surface area contributed by atoms with Crippen molar-refractivity contribution in [3.63, 3.8) is 0 Å². The van der Waals surface area contributed by atoms with Crippen LogP contribution in [0.1, 0.15) is 48.1 Å². The van der Waals surface area contributed by atoms with E-state index in [1.165, 1.54) is 0 Å². The molecule has 0 fully saturated rings. The molecule has 2 unspecified atom stereocenters. The minimum atomic E-state index is -0.603. The summed E-state index contributed by atoms with van der Waals surface area (Å²) in [4.78, 5) is 29.1. The molecule has 4 heteroatoms. The summed E-state index contributed by atoms with van der Waals surface area (Å²) >= 11 is 0. The maximum Gasteiger partial charge on any atom is 0.243 e. The van der Waals surface area contributed by atoms with E-state index < -0.39 is 6.04 Å². The van der Waals surface area contributed by atoms with E-state index in [2.05, 4.69) is 5.32 Å². The predicted molar refractivity (Wildman–Crippen MR) is 138 cm³/mol. The van der Waals surface area contributed by atoms with E-state index in [0.29, 0.717) is 13.0 Å². The molecule has 0 saturated heterocycles. The Balaban J connectivity index is 1.97. The van der Waals surface area contributed by atoms with Crippen molar-refractivity contribution in [3.05, 3.63) is 107 Å². The molecule has 178 valence electrons. The summed E-state index contributed by atoms with van der Waals surface area (Å²) in [5, 5.41) is 3.12. The highest BCUT2D eigenvalue weighted by Crippen LogP contribution is 2.18. The summed E-state index contributed by atoms with van der Waals surface area (Å²) in [7, 11) is 0. The second kappa shape index (κ2) is 12.2. The molecule has 2 amide bonds. The minimum absolute atomic E-state index is 0.0402. The second-order valence-electron chi connectivity index (χ2n) is 9.13. The van der Waals surface area contributed by atoms with Crippen LogP contribution in [0.3, 0.4) is 0 Å². The zero-order valence-corrected chi connectivity index (χ0v) is 20.8. The van der Waals surface area contributed by atoms with Crippen molar-refractivity contribution in [3.8, 4) is 0 Å². The lowest BCUT2D eigenvalue weighted by atomic mass is 10.00. The van der Waals surface area contributed by atoms with Crippen LogP contribution >= 0.6 is 0 Å². The molecule has 3 aromatic rings. The monoisotopic (exact) mass is 456 g/mol. The van der Waals surface area contributed by atoms with Gasteiger partial charge in [-0.25, -0.2) is 0 Å². The molecule has 34 heavy (non-hydrogen) atoms. The van der Waals surface area contributed by atoms with Crippen LogP contribution in [0.15, 0.2) is 78.9 Å². The van der Waals surface area contributed by atoms with Crippen molar-refractivity contribution in [2.24, 2.45) is 0 Å². The van der Waals surface area contributed by atoms with Gasteiger partial charge in [-0.05, 0) is 49.4 Å². The number of aryl methyl sites for hydroxylation is 2. The Morgan fingerprint density at radius 2 is 1.50 bits per heavy atom. The second-order valence-corrected chi connectivity index (χ2v) is 9.13. The van der Waals surface area contributed by atoms with Crippen LogP contribution in [-0.4, -0.2) is 28.8 Å². The quantitative estimate of drug-likeness (QED) is 0.444. The maximum atomic E-state index is 13.8. The Morgan fingerprint density at radius 3 is 2.15 bits per heavy atom. The lowest BCUT2D eigenvalue weighted by Gasteiger charge is -2.32. The largest absolute Gasteiger partial charge is 0.352 e. The van der Waals surface area contributed by atoms with Gasteiger partial charge in [-0.2, -0.15) is 0 Å². The molecule has 3 rings (SSSR count). The maximum absolute atomic E-state index is 13.8. The van der Waals surface area contributed by atoms with Crippen LogP contribution in [0.2, 0.25) is 0 Å². The van der Waals surface area contributed by atoms with Gasteiger partial charge in [0.05, 0.1) is 6.42 Å². The molecule has 4 nitrogen and oxygen atoms in total. The first-order chi connectivity index (χ1) is 16.4. The Bertz CT molecular complexity index is 1080. The first-order valence-electron chi connectivity index (χ1n) is 12.1. The number of carbonyl (C=O) groups excluding carboxylic acids is 2. The Kier molecular flexibility index (Phi) is 9.03. The van der Waals surface area contributed by atoms with E-state index >= 15 is 0 Å². The Morgan fingerprint density at radius 1 is 0.853 bits per heavy atom. The summed E-state index contributed by atoms with van der Waals surface area (Å²) in [6.07, 6.45) is 1.56. The number of rotatable bonds is 10. The smallest absolute Gasteiger partial charge is 0.243 e.